The summed E-state index contributed by atoms with van der Waals surface area (Å²) < 4.78 is 1.69. The van der Waals surface area contributed by atoms with Crippen LogP contribution in [-0.4, -0.2) is 4.57 Å². The maximum Gasteiger partial charge on any atom is 0.251 e. The Morgan fingerprint density at radius 3 is 2.26 bits per heavy atom. The lowest BCUT2D eigenvalue weighted by atomic mass is 10.1. The molecule has 0 fully saturated rings. The minimum atomic E-state index is -0.0166. The number of benzene rings is 2. The lowest BCUT2D eigenvalue weighted by molar-refractivity contribution is 0.759. The standard InChI is InChI=1S/C20H18N2O/c21-19-10-8-18(9-11-19)15-22-13-12-17(14-20(22)23)7-6-16-4-2-1-3-5-16/h1-14H,15,21H2/b7-6+. The predicted octanol–water partition coefficient (Wildman–Crippen LogP) is 3.65. The van der Waals surface area contributed by atoms with Crippen molar-refractivity contribution in [3.63, 3.8) is 0 Å². The zero-order valence-corrected chi connectivity index (χ0v) is 12.7. The molecule has 3 heteroatoms. The van der Waals surface area contributed by atoms with Crippen molar-refractivity contribution >= 4 is 17.8 Å². The van der Waals surface area contributed by atoms with Crippen LogP contribution in [0.25, 0.3) is 12.2 Å². The Balaban J connectivity index is 1.77. The van der Waals surface area contributed by atoms with E-state index in [4.69, 9.17) is 5.73 Å². The molecule has 0 saturated carbocycles. The van der Waals surface area contributed by atoms with Gasteiger partial charge in [-0.25, -0.2) is 0 Å². The van der Waals surface area contributed by atoms with Gasteiger partial charge in [-0.05, 0) is 34.9 Å². The van der Waals surface area contributed by atoms with E-state index in [0.717, 1.165) is 22.4 Å². The van der Waals surface area contributed by atoms with Crippen LogP contribution in [-0.2, 0) is 6.54 Å². The second-order valence-corrected chi connectivity index (χ2v) is 5.41. The Morgan fingerprint density at radius 1 is 0.870 bits per heavy atom. The fraction of sp³-hybridized carbons (Fsp3) is 0.0500. The minimum absolute atomic E-state index is 0.0166. The summed E-state index contributed by atoms with van der Waals surface area (Å²) in [7, 11) is 0. The summed E-state index contributed by atoms with van der Waals surface area (Å²) in [5, 5.41) is 0. The molecule has 0 aliphatic rings. The van der Waals surface area contributed by atoms with Crippen LogP contribution in [0.2, 0.25) is 0 Å². The van der Waals surface area contributed by atoms with Crippen molar-refractivity contribution in [2.75, 3.05) is 5.73 Å². The van der Waals surface area contributed by atoms with Gasteiger partial charge in [0.25, 0.3) is 5.56 Å². The van der Waals surface area contributed by atoms with E-state index in [9.17, 15) is 4.79 Å². The fourth-order valence-electron chi connectivity index (χ4n) is 2.33. The quantitative estimate of drug-likeness (QED) is 0.748. The number of anilines is 1. The molecule has 3 rings (SSSR count). The summed E-state index contributed by atoms with van der Waals surface area (Å²) in [5.74, 6) is 0. The first kappa shape index (κ1) is 14.9. The summed E-state index contributed by atoms with van der Waals surface area (Å²) in [6.07, 6.45) is 5.77. The predicted molar refractivity (Wildman–Crippen MR) is 96.0 cm³/mol. The number of rotatable bonds is 4. The molecule has 1 aromatic heterocycles. The molecule has 0 radical (unpaired) electrons. The normalized spacial score (nSPS) is 11.0. The van der Waals surface area contributed by atoms with E-state index in [0.29, 0.717) is 6.54 Å². The Morgan fingerprint density at radius 2 is 1.57 bits per heavy atom. The summed E-state index contributed by atoms with van der Waals surface area (Å²) >= 11 is 0. The van der Waals surface area contributed by atoms with E-state index in [2.05, 4.69) is 0 Å². The summed E-state index contributed by atoms with van der Waals surface area (Å²) in [5.41, 5.74) is 9.44. The van der Waals surface area contributed by atoms with Gasteiger partial charge < -0.3 is 10.3 Å². The Labute approximate surface area is 135 Å². The Hall–Kier alpha value is -3.07. The molecule has 0 unspecified atom stereocenters. The molecule has 0 spiro atoms. The third-order valence-electron chi connectivity index (χ3n) is 3.62. The highest BCUT2D eigenvalue weighted by molar-refractivity contribution is 5.69. The molecular weight excluding hydrogens is 284 g/mol. The number of nitrogens with zero attached hydrogens (tertiary/aromatic N) is 1. The maximum atomic E-state index is 12.2. The van der Waals surface area contributed by atoms with Crippen LogP contribution >= 0.6 is 0 Å². The molecule has 0 aliphatic carbocycles. The first-order valence-electron chi connectivity index (χ1n) is 7.49. The molecule has 3 aromatic rings. The molecule has 0 aliphatic heterocycles. The molecule has 0 atom stereocenters. The molecule has 1 heterocycles. The van der Waals surface area contributed by atoms with Crippen molar-refractivity contribution < 1.29 is 0 Å². The first-order valence-corrected chi connectivity index (χ1v) is 7.49. The van der Waals surface area contributed by atoms with Crippen molar-refractivity contribution in [2.45, 2.75) is 6.54 Å². The van der Waals surface area contributed by atoms with E-state index in [-0.39, 0.29) is 5.56 Å². The van der Waals surface area contributed by atoms with Crippen molar-refractivity contribution in [2.24, 2.45) is 0 Å². The highest BCUT2D eigenvalue weighted by atomic mass is 16.1. The number of nitrogens with two attached hydrogens (primary N) is 1. The molecule has 3 nitrogen and oxygen atoms in total. The zero-order valence-electron chi connectivity index (χ0n) is 12.7. The van der Waals surface area contributed by atoms with Gasteiger partial charge in [-0.15, -0.1) is 0 Å². The van der Waals surface area contributed by atoms with E-state index in [1.165, 1.54) is 0 Å². The van der Waals surface area contributed by atoms with E-state index in [1.54, 1.807) is 10.6 Å². The zero-order chi connectivity index (χ0) is 16.1. The number of nitrogen functional groups attached to an aromatic ring is 1. The third kappa shape index (κ3) is 3.98. The number of aromatic nitrogens is 1. The van der Waals surface area contributed by atoms with Gasteiger partial charge in [0.2, 0.25) is 0 Å². The largest absolute Gasteiger partial charge is 0.399 e. The van der Waals surface area contributed by atoms with Crippen molar-refractivity contribution in [1.82, 2.24) is 4.57 Å². The van der Waals surface area contributed by atoms with Gasteiger partial charge in [0.05, 0.1) is 6.54 Å². The summed E-state index contributed by atoms with van der Waals surface area (Å²) in [4.78, 5) is 12.2. The lowest BCUT2D eigenvalue weighted by Crippen LogP contribution is -2.19. The van der Waals surface area contributed by atoms with Crippen molar-refractivity contribution in [3.05, 3.63) is 100.0 Å². The maximum absolute atomic E-state index is 12.2. The van der Waals surface area contributed by atoms with Gasteiger partial charge in [0.15, 0.2) is 0 Å². The molecule has 2 N–H and O–H groups in total. The van der Waals surface area contributed by atoms with Gasteiger partial charge in [0.1, 0.15) is 0 Å². The molecule has 114 valence electrons. The van der Waals surface area contributed by atoms with E-state index in [1.807, 2.05) is 79.0 Å². The summed E-state index contributed by atoms with van der Waals surface area (Å²) in [6, 6.07) is 21.2. The first-order chi connectivity index (χ1) is 11.2. The molecule has 0 saturated heterocycles. The molecule has 2 aromatic carbocycles. The molecule has 23 heavy (non-hydrogen) atoms. The van der Waals surface area contributed by atoms with Crippen molar-refractivity contribution in [3.8, 4) is 0 Å². The average molecular weight is 302 g/mol. The lowest BCUT2D eigenvalue weighted by Gasteiger charge is -2.06. The monoisotopic (exact) mass is 302 g/mol. The van der Waals surface area contributed by atoms with Gasteiger partial charge in [-0.2, -0.15) is 0 Å². The van der Waals surface area contributed by atoms with Gasteiger partial charge >= 0.3 is 0 Å². The smallest absolute Gasteiger partial charge is 0.251 e. The second-order valence-electron chi connectivity index (χ2n) is 5.41. The van der Waals surface area contributed by atoms with Crippen LogP contribution in [0.1, 0.15) is 16.7 Å². The van der Waals surface area contributed by atoms with Crippen LogP contribution in [0.4, 0.5) is 5.69 Å². The Kier molecular flexibility index (Phi) is 4.39. The fourth-order valence-corrected chi connectivity index (χ4v) is 2.33. The van der Waals surface area contributed by atoms with E-state index >= 15 is 0 Å². The van der Waals surface area contributed by atoms with Crippen LogP contribution in [0.3, 0.4) is 0 Å². The molecule has 0 bridgehead atoms. The van der Waals surface area contributed by atoms with E-state index < -0.39 is 0 Å². The minimum Gasteiger partial charge on any atom is -0.399 e. The highest BCUT2D eigenvalue weighted by Crippen LogP contribution is 2.08. The number of pyridine rings is 1. The van der Waals surface area contributed by atoms with Crippen LogP contribution in [0, 0.1) is 0 Å². The van der Waals surface area contributed by atoms with Crippen LogP contribution in [0.15, 0.2) is 77.7 Å². The Bertz CT molecular complexity index is 862. The van der Waals surface area contributed by atoms with Crippen LogP contribution < -0.4 is 11.3 Å². The second kappa shape index (κ2) is 6.79. The molecule has 0 amide bonds. The molecular formula is C20H18N2O. The highest BCUT2D eigenvalue weighted by Gasteiger charge is 1.99. The third-order valence-corrected chi connectivity index (χ3v) is 3.62. The number of hydrogen-bond acceptors (Lipinski definition) is 2. The topological polar surface area (TPSA) is 48.0 Å². The average Bonchev–Trinajstić information content (AvgIpc) is 2.58. The van der Waals surface area contributed by atoms with Crippen molar-refractivity contribution in [1.29, 1.82) is 0 Å². The summed E-state index contributed by atoms with van der Waals surface area (Å²) in [6.45, 7) is 0.543. The number of hydrogen-bond donors (Lipinski definition) is 1. The van der Waals surface area contributed by atoms with Gasteiger partial charge in [0, 0.05) is 18.0 Å². The SMILES string of the molecule is Nc1ccc(Cn2ccc(/C=C/c3ccccc3)cc2=O)cc1. The van der Waals surface area contributed by atoms with Gasteiger partial charge in [-0.1, -0.05) is 54.6 Å². The van der Waals surface area contributed by atoms with Crippen LogP contribution in [0.5, 0.6) is 0 Å². The van der Waals surface area contributed by atoms with Gasteiger partial charge in [-0.3, -0.25) is 4.79 Å².